The summed E-state index contributed by atoms with van der Waals surface area (Å²) in [4.78, 5) is 0. The normalized spacial score (nSPS) is 19.2. The van der Waals surface area contributed by atoms with E-state index in [0.29, 0.717) is 0 Å². The predicted molar refractivity (Wildman–Crippen MR) is 59.4 cm³/mol. The van der Waals surface area contributed by atoms with Crippen molar-refractivity contribution in [3.63, 3.8) is 0 Å². The smallest absolute Gasteiger partial charge is 0.0469 e. The van der Waals surface area contributed by atoms with Gasteiger partial charge in [-0.15, -0.1) is 0 Å². The summed E-state index contributed by atoms with van der Waals surface area (Å²) in [6.07, 6.45) is 5.05. The summed E-state index contributed by atoms with van der Waals surface area (Å²) in [5.74, 6) is 0.859. The first-order chi connectivity index (χ1) is 6.43. The first kappa shape index (κ1) is 11.5. The van der Waals surface area contributed by atoms with Crippen molar-refractivity contribution in [3.8, 4) is 0 Å². The molecule has 0 spiro atoms. The molecule has 1 N–H and O–H groups in total. The fourth-order valence-electron chi connectivity index (χ4n) is 1.60. The third-order valence-corrected chi connectivity index (χ3v) is 3.07. The number of rotatable bonds is 6. The Bertz CT molecular complexity index is 115. The maximum atomic E-state index is 5.31. The van der Waals surface area contributed by atoms with Gasteiger partial charge in [0.25, 0.3) is 0 Å². The minimum absolute atomic E-state index is 0.859. The standard InChI is InChI=1S/C10H20BrNO/c11-5-1-2-6-12-9-10-3-7-13-8-4-10/h10,12H,1-9H2. The van der Waals surface area contributed by atoms with Crippen molar-refractivity contribution in [1.82, 2.24) is 5.32 Å². The molecule has 0 aromatic carbocycles. The second-order valence-corrected chi connectivity index (χ2v) is 4.45. The van der Waals surface area contributed by atoms with E-state index in [2.05, 4.69) is 21.2 Å². The van der Waals surface area contributed by atoms with Crippen LogP contribution in [0.3, 0.4) is 0 Å². The summed E-state index contributed by atoms with van der Waals surface area (Å²) >= 11 is 3.43. The van der Waals surface area contributed by atoms with E-state index in [1.54, 1.807) is 0 Å². The zero-order valence-corrected chi connectivity index (χ0v) is 9.81. The van der Waals surface area contributed by atoms with Gasteiger partial charge in [0.2, 0.25) is 0 Å². The van der Waals surface area contributed by atoms with Gasteiger partial charge in [-0.05, 0) is 44.7 Å². The van der Waals surface area contributed by atoms with E-state index in [9.17, 15) is 0 Å². The first-order valence-electron chi connectivity index (χ1n) is 5.28. The number of hydrogen-bond acceptors (Lipinski definition) is 2. The molecule has 1 fully saturated rings. The van der Waals surface area contributed by atoms with Gasteiger partial charge in [0, 0.05) is 18.5 Å². The molecule has 1 saturated heterocycles. The van der Waals surface area contributed by atoms with Crippen LogP contribution in [0.4, 0.5) is 0 Å². The van der Waals surface area contributed by atoms with Crippen molar-refractivity contribution in [2.45, 2.75) is 25.7 Å². The highest BCUT2D eigenvalue weighted by Crippen LogP contribution is 2.12. The molecule has 3 heteroatoms. The quantitative estimate of drug-likeness (QED) is 0.576. The van der Waals surface area contributed by atoms with Crippen molar-refractivity contribution in [3.05, 3.63) is 0 Å². The van der Waals surface area contributed by atoms with E-state index in [4.69, 9.17) is 4.74 Å². The minimum Gasteiger partial charge on any atom is -0.381 e. The van der Waals surface area contributed by atoms with Crippen LogP contribution in [-0.2, 0) is 4.74 Å². The fraction of sp³-hybridized carbons (Fsp3) is 1.00. The van der Waals surface area contributed by atoms with Crippen LogP contribution in [0.15, 0.2) is 0 Å². The lowest BCUT2D eigenvalue weighted by atomic mass is 10.0. The maximum Gasteiger partial charge on any atom is 0.0469 e. The minimum atomic E-state index is 0.859. The molecule has 1 aliphatic rings. The zero-order valence-electron chi connectivity index (χ0n) is 8.23. The Labute approximate surface area is 89.5 Å². The van der Waals surface area contributed by atoms with Crippen LogP contribution >= 0.6 is 15.9 Å². The molecule has 1 aliphatic heterocycles. The van der Waals surface area contributed by atoms with E-state index in [0.717, 1.165) is 24.5 Å². The van der Waals surface area contributed by atoms with Crippen molar-refractivity contribution < 1.29 is 4.74 Å². The average Bonchev–Trinajstić information content (AvgIpc) is 2.19. The molecule has 0 aromatic rings. The Morgan fingerprint density at radius 3 is 2.69 bits per heavy atom. The van der Waals surface area contributed by atoms with Crippen LogP contribution in [0, 0.1) is 5.92 Å². The third-order valence-electron chi connectivity index (χ3n) is 2.51. The van der Waals surface area contributed by atoms with Crippen LogP contribution in [0.5, 0.6) is 0 Å². The summed E-state index contributed by atoms with van der Waals surface area (Å²) in [5.41, 5.74) is 0. The van der Waals surface area contributed by atoms with Gasteiger partial charge >= 0.3 is 0 Å². The second kappa shape index (κ2) is 7.77. The van der Waals surface area contributed by atoms with E-state index in [-0.39, 0.29) is 0 Å². The Balaban J connectivity index is 1.86. The Hall–Kier alpha value is 0.400. The Kier molecular flexibility index (Phi) is 6.86. The summed E-state index contributed by atoms with van der Waals surface area (Å²) < 4.78 is 5.31. The van der Waals surface area contributed by atoms with Crippen LogP contribution in [-0.4, -0.2) is 31.6 Å². The predicted octanol–water partition coefficient (Wildman–Crippen LogP) is 2.18. The van der Waals surface area contributed by atoms with Gasteiger partial charge in [-0.1, -0.05) is 15.9 Å². The van der Waals surface area contributed by atoms with Crippen molar-refractivity contribution in [2.24, 2.45) is 5.92 Å². The molecule has 1 rings (SSSR count). The molecular weight excluding hydrogens is 230 g/mol. The number of unbranched alkanes of at least 4 members (excludes halogenated alkanes) is 1. The molecule has 0 atom stereocenters. The summed E-state index contributed by atoms with van der Waals surface area (Å²) in [6, 6.07) is 0. The van der Waals surface area contributed by atoms with E-state index >= 15 is 0 Å². The van der Waals surface area contributed by atoms with Gasteiger partial charge in [-0.25, -0.2) is 0 Å². The molecule has 0 bridgehead atoms. The third kappa shape index (κ3) is 5.66. The van der Waals surface area contributed by atoms with Crippen molar-refractivity contribution >= 4 is 15.9 Å². The lowest BCUT2D eigenvalue weighted by Gasteiger charge is -2.22. The lowest BCUT2D eigenvalue weighted by Crippen LogP contribution is -2.28. The molecule has 13 heavy (non-hydrogen) atoms. The van der Waals surface area contributed by atoms with Gasteiger partial charge in [-0.3, -0.25) is 0 Å². The van der Waals surface area contributed by atoms with Gasteiger partial charge in [0.15, 0.2) is 0 Å². The largest absolute Gasteiger partial charge is 0.381 e. The average molecular weight is 250 g/mol. The zero-order chi connectivity index (χ0) is 9.36. The monoisotopic (exact) mass is 249 g/mol. The van der Waals surface area contributed by atoms with Crippen molar-refractivity contribution in [1.29, 1.82) is 0 Å². The van der Waals surface area contributed by atoms with Gasteiger partial charge in [0.05, 0.1) is 0 Å². The van der Waals surface area contributed by atoms with Gasteiger partial charge in [-0.2, -0.15) is 0 Å². The molecule has 0 amide bonds. The van der Waals surface area contributed by atoms with Crippen LogP contribution in [0.1, 0.15) is 25.7 Å². The number of nitrogens with one attached hydrogen (secondary N) is 1. The first-order valence-corrected chi connectivity index (χ1v) is 6.40. The summed E-state index contributed by atoms with van der Waals surface area (Å²) in [6.45, 7) is 4.29. The highest BCUT2D eigenvalue weighted by molar-refractivity contribution is 9.09. The second-order valence-electron chi connectivity index (χ2n) is 3.66. The van der Waals surface area contributed by atoms with Crippen LogP contribution in [0.25, 0.3) is 0 Å². The molecule has 2 nitrogen and oxygen atoms in total. The summed E-state index contributed by atoms with van der Waals surface area (Å²) in [5, 5.41) is 4.64. The number of hydrogen-bond donors (Lipinski definition) is 1. The molecule has 78 valence electrons. The number of halogens is 1. The Morgan fingerprint density at radius 2 is 2.00 bits per heavy atom. The number of alkyl halides is 1. The maximum absolute atomic E-state index is 5.31. The fourth-order valence-corrected chi connectivity index (χ4v) is 2.00. The van der Waals surface area contributed by atoms with Gasteiger partial charge < -0.3 is 10.1 Å². The SMILES string of the molecule is BrCCCCNCC1CCOCC1. The van der Waals surface area contributed by atoms with Crippen LogP contribution < -0.4 is 5.32 Å². The van der Waals surface area contributed by atoms with E-state index < -0.39 is 0 Å². The van der Waals surface area contributed by atoms with Gasteiger partial charge in [0.1, 0.15) is 0 Å². The van der Waals surface area contributed by atoms with Crippen LogP contribution in [0.2, 0.25) is 0 Å². The topological polar surface area (TPSA) is 21.3 Å². The molecule has 0 unspecified atom stereocenters. The lowest BCUT2D eigenvalue weighted by molar-refractivity contribution is 0.0663. The molecule has 0 radical (unpaired) electrons. The molecular formula is C10H20BrNO. The highest BCUT2D eigenvalue weighted by atomic mass is 79.9. The number of ether oxygens (including phenoxy) is 1. The summed E-state index contributed by atoms with van der Waals surface area (Å²) in [7, 11) is 0. The molecule has 1 heterocycles. The molecule has 0 aliphatic carbocycles. The Morgan fingerprint density at radius 1 is 1.23 bits per heavy atom. The highest BCUT2D eigenvalue weighted by Gasteiger charge is 2.12. The molecule has 0 saturated carbocycles. The molecule has 0 aromatic heterocycles. The van der Waals surface area contributed by atoms with E-state index in [1.807, 2.05) is 0 Å². The van der Waals surface area contributed by atoms with E-state index in [1.165, 1.54) is 38.8 Å². The van der Waals surface area contributed by atoms with Crippen molar-refractivity contribution in [2.75, 3.05) is 31.6 Å².